The van der Waals surface area contributed by atoms with E-state index in [9.17, 15) is 9.59 Å². The number of ether oxygens (including phenoxy) is 2. The van der Waals surface area contributed by atoms with Gasteiger partial charge >= 0.3 is 0 Å². The molecule has 2 aromatic rings. The quantitative estimate of drug-likeness (QED) is 0.623. The first-order valence-corrected chi connectivity index (χ1v) is 9.13. The summed E-state index contributed by atoms with van der Waals surface area (Å²) in [5.74, 6) is 0.965. The first kappa shape index (κ1) is 20.0. The molecule has 26 heavy (non-hydrogen) atoms. The van der Waals surface area contributed by atoms with Crippen molar-refractivity contribution in [1.82, 2.24) is 0 Å². The minimum atomic E-state index is -0.293. The Morgan fingerprint density at radius 3 is 2.50 bits per heavy atom. The van der Waals surface area contributed by atoms with Crippen molar-refractivity contribution < 1.29 is 19.1 Å². The summed E-state index contributed by atoms with van der Waals surface area (Å²) in [7, 11) is 1.49. The third kappa shape index (κ3) is 5.08. The Kier molecular flexibility index (Phi) is 7.21. The van der Waals surface area contributed by atoms with Gasteiger partial charge in [-0.05, 0) is 58.1 Å². The minimum absolute atomic E-state index is 0.191. The summed E-state index contributed by atoms with van der Waals surface area (Å²) >= 11 is 3.28. The van der Waals surface area contributed by atoms with E-state index in [4.69, 9.17) is 9.47 Å². The fourth-order valence-electron chi connectivity index (χ4n) is 2.38. The lowest BCUT2D eigenvalue weighted by Gasteiger charge is -2.13. The summed E-state index contributed by atoms with van der Waals surface area (Å²) in [6, 6.07) is 10.9. The average molecular weight is 420 g/mol. The Morgan fingerprint density at radius 1 is 1.23 bits per heavy atom. The van der Waals surface area contributed by atoms with Gasteiger partial charge in [-0.15, -0.1) is 0 Å². The smallest absolute Gasteiger partial charge is 0.262 e. The number of rotatable bonds is 8. The fourth-order valence-corrected chi connectivity index (χ4v) is 2.80. The highest BCUT2D eigenvalue weighted by Gasteiger charge is 2.12. The maximum atomic E-state index is 12.1. The highest BCUT2D eigenvalue weighted by molar-refractivity contribution is 9.10. The van der Waals surface area contributed by atoms with E-state index < -0.39 is 0 Å². The zero-order valence-electron chi connectivity index (χ0n) is 15.0. The van der Waals surface area contributed by atoms with Gasteiger partial charge in [0, 0.05) is 15.7 Å². The number of carbonyl (C=O) groups is 2. The van der Waals surface area contributed by atoms with Crippen LogP contribution in [0.3, 0.4) is 0 Å². The highest BCUT2D eigenvalue weighted by Crippen LogP contribution is 2.32. The number of amides is 1. The zero-order valence-corrected chi connectivity index (χ0v) is 16.6. The van der Waals surface area contributed by atoms with E-state index in [1.165, 1.54) is 18.7 Å². The van der Waals surface area contributed by atoms with Gasteiger partial charge in [0.2, 0.25) is 0 Å². The van der Waals surface area contributed by atoms with Crippen molar-refractivity contribution in [2.24, 2.45) is 0 Å². The van der Waals surface area contributed by atoms with Crippen molar-refractivity contribution in [2.75, 3.05) is 19.0 Å². The number of aldehydes is 1. The van der Waals surface area contributed by atoms with E-state index in [1.807, 2.05) is 24.3 Å². The second-order valence-electron chi connectivity index (χ2n) is 5.91. The molecule has 0 radical (unpaired) electrons. The fraction of sp³-hybridized carbons (Fsp3) is 0.300. The molecule has 1 N–H and O–H groups in total. The molecule has 2 aromatic carbocycles. The van der Waals surface area contributed by atoms with Crippen LogP contribution in [0.4, 0.5) is 5.69 Å². The van der Waals surface area contributed by atoms with E-state index in [1.54, 1.807) is 6.07 Å². The number of hydrogen-bond donors (Lipinski definition) is 1. The maximum absolute atomic E-state index is 12.1. The van der Waals surface area contributed by atoms with Crippen LogP contribution in [0.25, 0.3) is 0 Å². The molecular weight excluding hydrogens is 398 g/mol. The third-order valence-corrected chi connectivity index (χ3v) is 4.83. The van der Waals surface area contributed by atoms with E-state index in [-0.39, 0.29) is 12.5 Å². The SMILES string of the molecule is CC[C@H](C)c1ccc(NC(=O)COc2cc(C=O)c(Br)cc2OC)cc1. The van der Waals surface area contributed by atoms with E-state index in [0.29, 0.717) is 39.4 Å². The van der Waals surface area contributed by atoms with Gasteiger partial charge in [-0.3, -0.25) is 9.59 Å². The van der Waals surface area contributed by atoms with Crippen LogP contribution in [0.15, 0.2) is 40.9 Å². The van der Waals surface area contributed by atoms with Crippen LogP contribution >= 0.6 is 15.9 Å². The molecule has 0 saturated carbocycles. The normalized spacial score (nSPS) is 11.5. The molecule has 0 unspecified atom stereocenters. The van der Waals surface area contributed by atoms with Crippen LogP contribution in [0.1, 0.15) is 42.1 Å². The van der Waals surface area contributed by atoms with Gasteiger partial charge in [0.25, 0.3) is 5.91 Å². The van der Waals surface area contributed by atoms with E-state index in [0.717, 1.165) is 6.42 Å². The Hall–Kier alpha value is -2.34. The maximum Gasteiger partial charge on any atom is 0.262 e. The van der Waals surface area contributed by atoms with Gasteiger partial charge in [-0.25, -0.2) is 0 Å². The molecule has 138 valence electrons. The van der Waals surface area contributed by atoms with E-state index in [2.05, 4.69) is 35.1 Å². The number of methoxy groups -OCH3 is 1. The summed E-state index contributed by atoms with van der Waals surface area (Å²) < 4.78 is 11.3. The first-order valence-electron chi connectivity index (χ1n) is 8.33. The van der Waals surface area contributed by atoms with Crippen molar-refractivity contribution in [3.8, 4) is 11.5 Å². The van der Waals surface area contributed by atoms with Gasteiger partial charge in [0.15, 0.2) is 24.4 Å². The molecule has 1 atom stereocenters. The number of halogens is 1. The molecule has 0 aliphatic rings. The second kappa shape index (κ2) is 9.38. The largest absolute Gasteiger partial charge is 0.493 e. The Bertz CT molecular complexity index is 774. The predicted octanol–water partition coefficient (Wildman–Crippen LogP) is 4.80. The van der Waals surface area contributed by atoms with Gasteiger partial charge in [-0.1, -0.05) is 26.0 Å². The van der Waals surface area contributed by atoms with Crippen LogP contribution < -0.4 is 14.8 Å². The first-order chi connectivity index (χ1) is 12.5. The molecule has 0 heterocycles. The molecule has 0 fully saturated rings. The summed E-state index contributed by atoms with van der Waals surface area (Å²) in [5.41, 5.74) is 2.37. The number of anilines is 1. The van der Waals surface area contributed by atoms with Crippen molar-refractivity contribution in [1.29, 1.82) is 0 Å². The van der Waals surface area contributed by atoms with Crippen LogP contribution in [-0.2, 0) is 4.79 Å². The average Bonchev–Trinajstić information content (AvgIpc) is 2.66. The molecule has 2 rings (SSSR count). The van der Waals surface area contributed by atoms with Crippen molar-refractivity contribution in [3.63, 3.8) is 0 Å². The molecule has 1 amide bonds. The van der Waals surface area contributed by atoms with Gasteiger partial charge < -0.3 is 14.8 Å². The van der Waals surface area contributed by atoms with Crippen molar-refractivity contribution in [2.45, 2.75) is 26.2 Å². The minimum Gasteiger partial charge on any atom is -0.493 e. The molecular formula is C20H22BrNO4. The number of carbonyl (C=O) groups excluding carboxylic acids is 2. The standard InChI is InChI=1S/C20H22BrNO4/c1-4-13(2)14-5-7-16(8-6-14)22-20(24)12-26-19-9-15(11-23)17(21)10-18(19)25-3/h5-11,13H,4,12H2,1-3H3,(H,22,24)/t13-/m0/s1. The molecule has 6 heteroatoms. The van der Waals surface area contributed by atoms with Gasteiger partial charge in [0.1, 0.15) is 0 Å². The molecule has 0 spiro atoms. The molecule has 0 aromatic heterocycles. The number of benzene rings is 2. The van der Waals surface area contributed by atoms with Crippen molar-refractivity contribution in [3.05, 3.63) is 52.0 Å². The van der Waals surface area contributed by atoms with E-state index >= 15 is 0 Å². The Labute approximate surface area is 161 Å². The monoisotopic (exact) mass is 419 g/mol. The third-order valence-electron chi connectivity index (χ3n) is 4.14. The lowest BCUT2D eigenvalue weighted by atomic mass is 9.99. The topological polar surface area (TPSA) is 64.6 Å². The van der Waals surface area contributed by atoms with Gasteiger partial charge in [-0.2, -0.15) is 0 Å². The molecule has 0 aliphatic heterocycles. The van der Waals surface area contributed by atoms with Crippen molar-refractivity contribution >= 4 is 33.8 Å². The van der Waals surface area contributed by atoms with Crippen LogP contribution in [0.2, 0.25) is 0 Å². The zero-order chi connectivity index (χ0) is 19.1. The molecule has 5 nitrogen and oxygen atoms in total. The summed E-state index contributed by atoms with van der Waals surface area (Å²) in [6.07, 6.45) is 1.77. The van der Waals surface area contributed by atoms with Crippen LogP contribution in [0.5, 0.6) is 11.5 Å². The Morgan fingerprint density at radius 2 is 1.92 bits per heavy atom. The summed E-state index contributed by atoms with van der Waals surface area (Å²) in [6.45, 7) is 4.12. The highest BCUT2D eigenvalue weighted by atomic mass is 79.9. The molecule has 0 bridgehead atoms. The van der Waals surface area contributed by atoms with Gasteiger partial charge in [0.05, 0.1) is 7.11 Å². The summed E-state index contributed by atoms with van der Waals surface area (Å²) in [5, 5.41) is 2.79. The van der Waals surface area contributed by atoms with Crippen LogP contribution in [0, 0.1) is 0 Å². The summed E-state index contributed by atoms with van der Waals surface area (Å²) in [4.78, 5) is 23.2. The number of hydrogen-bond acceptors (Lipinski definition) is 4. The second-order valence-corrected chi connectivity index (χ2v) is 6.76. The van der Waals surface area contributed by atoms with Crippen LogP contribution in [-0.4, -0.2) is 25.9 Å². The molecule has 0 aliphatic carbocycles. The number of nitrogens with one attached hydrogen (secondary N) is 1. The lowest BCUT2D eigenvalue weighted by molar-refractivity contribution is -0.118. The predicted molar refractivity (Wildman–Crippen MR) is 105 cm³/mol. The lowest BCUT2D eigenvalue weighted by Crippen LogP contribution is -2.20. The Balaban J connectivity index is 1.99. The molecule has 0 saturated heterocycles.